The van der Waals surface area contributed by atoms with Crippen molar-refractivity contribution in [3.05, 3.63) is 183 Å². The maximum Gasteiger partial charge on any atom is 0.330 e. The van der Waals surface area contributed by atoms with Crippen LogP contribution in [0.15, 0.2) is 183 Å². The minimum atomic E-state index is -0.687. The first-order chi connectivity index (χ1) is 27.5. The highest BCUT2D eigenvalue weighted by Gasteiger charge is 2.19. The predicted molar refractivity (Wildman–Crippen MR) is 218 cm³/mol. The Morgan fingerprint density at radius 1 is 0.411 bits per heavy atom. The zero-order chi connectivity index (χ0) is 39.0. The molecule has 56 heavy (non-hydrogen) atoms. The summed E-state index contributed by atoms with van der Waals surface area (Å²) in [6.07, 6.45) is 0.864. The van der Waals surface area contributed by atoms with Gasteiger partial charge in [-0.25, -0.2) is 9.59 Å². The van der Waals surface area contributed by atoms with Crippen LogP contribution in [-0.2, 0) is 19.1 Å². The van der Waals surface area contributed by atoms with E-state index < -0.39 is 24.1 Å². The second-order valence-electron chi connectivity index (χ2n) is 12.5. The van der Waals surface area contributed by atoms with E-state index in [2.05, 4.69) is 13.2 Å². The molecule has 0 aromatic heterocycles. The van der Waals surface area contributed by atoms with Crippen LogP contribution < -0.4 is 18.9 Å². The molecular weight excluding hydrogens is 705 g/mol. The van der Waals surface area contributed by atoms with Gasteiger partial charge in [-0.2, -0.15) is 0 Å². The molecule has 2 atom stereocenters. The topological polar surface area (TPSA) is 89.5 Å². The Morgan fingerprint density at radius 3 is 1.12 bits per heavy atom. The fourth-order valence-electron chi connectivity index (χ4n) is 5.79. The van der Waals surface area contributed by atoms with Crippen LogP contribution in [-0.4, -0.2) is 50.6 Å². The molecular formula is C48H42O8. The summed E-state index contributed by atoms with van der Waals surface area (Å²) in [6, 6.07) is 50.5. The molecule has 8 heteroatoms. The lowest BCUT2D eigenvalue weighted by molar-refractivity contribution is -0.147. The largest absolute Gasteiger partial charge is 0.490 e. The first-order valence-electron chi connectivity index (χ1n) is 18.2. The lowest BCUT2D eigenvalue weighted by atomic mass is 10.1. The number of ether oxygens (including phenoxy) is 6. The average Bonchev–Trinajstić information content (AvgIpc) is 3.26. The molecule has 0 spiro atoms. The SMILES string of the molecule is C=CC(=O)OC(COc1ccc(-c2ccc(OCC(COc3ccccc3-c3ccccc3)OC(=O)C=C)cc2)cc1)COc1ccccc1-c1ccccc1. The molecule has 0 saturated heterocycles. The number of rotatable bonds is 19. The van der Waals surface area contributed by atoms with E-state index in [0.717, 1.165) is 45.5 Å². The molecule has 0 fully saturated rings. The highest BCUT2D eigenvalue weighted by atomic mass is 16.6. The summed E-state index contributed by atoms with van der Waals surface area (Å²) in [6.45, 7) is 7.36. The summed E-state index contributed by atoms with van der Waals surface area (Å²) in [7, 11) is 0. The van der Waals surface area contributed by atoms with Crippen molar-refractivity contribution in [1.29, 1.82) is 0 Å². The van der Waals surface area contributed by atoms with Crippen LogP contribution in [0.5, 0.6) is 23.0 Å². The van der Waals surface area contributed by atoms with Gasteiger partial charge < -0.3 is 28.4 Å². The van der Waals surface area contributed by atoms with E-state index in [-0.39, 0.29) is 26.4 Å². The van der Waals surface area contributed by atoms with Crippen LogP contribution in [0.3, 0.4) is 0 Å². The number of para-hydroxylation sites is 2. The smallest absolute Gasteiger partial charge is 0.330 e. The number of hydrogen-bond acceptors (Lipinski definition) is 8. The van der Waals surface area contributed by atoms with Gasteiger partial charge in [0.1, 0.15) is 49.4 Å². The summed E-state index contributed by atoms with van der Waals surface area (Å²) >= 11 is 0. The lowest BCUT2D eigenvalue weighted by Gasteiger charge is -2.20. The summed E-state index contributed by atoms with van der Waals surface area (Å²) in [5, 5.41) is 0. The zero-order valence-electron chi connectivity index (χ0n) is 30.8. The standard InChI is InChI=1S/C48H42O8/c1-3-47(49)55-41(33-53-45-21-13-11-19-43(45)37-15-7-5-8-16-37)31-51-39-27-23-35(24-28-39)36-25-29-40(30-26-36)52-32-42(56-48(50)4-2)34-54-46-22-14-12-20-44(46)38-17-9-6-10-18-38/h3-30,41-42H,1-2,31-34H2. The van der Waals surface area contributed by atoms with E-state index in [4.69, 9.17) is 28.4 Å². The minimum absolute atomic E-state index is 0.0755. The Kier molecular flexibility index (Phi) is 13.7. The first-order valence-corrected chi connectivity index (χ1v) is 18.2. The maximum atomic E-state index is 12.1. The van der Waals surface area contributed by atoms with E-state index in [9.17, 15) is 9.59 Å². The molecule has 0 aliphatic heterocycles. The van der Waals surface area contributed by atoms with Gasteiger partial charge in [0.05, 0.1) is 0 Å². The molecule has 6 rings (SSSR count). The van der Waals surface area contributed by atoms with Gasteiger partial charge in [0, 0.05) is 23.3 Å². The van der Waals surface area contributed by atoms with Crippen molar-refractivity contribution in [2.45, 2.75) is 12.2 Å². The van der Waals surface area contributed by atoms with Crippen molar-refractivity contribution in [3.63, 3.8) is 0 Å². The van der Waals surface area contributed by atoms with Gasteiger partial charge >= 0.3 is 11.9 Å². The molecule has 0 radical (unpaired) electrons. The molecule has 0 saturated carbocycles. The van der Waals surface area contributed by atoms with Gasteiger partial charge in [-0.05, 0) is 58.7 Å². The first kappa shape index (κ1) is 38.7. The second kappa shape index (κ2) is 19.9. The number of hydrogen-bond donors (Lipinski definition) is 0. The maximum absolute atomic E-state index is 12.1. The molecule has 0 amide bonds. The van der Waals surface area contributed by atoms with Crippen molar-refractivity contribution in [1.82, 2.24) is 0 Å². The van der Waals surface area contributed by atoms with Crippen molar-refractivity contribution in [3.8, 4) is 56.4 Å². The molecule has 2 unspecified atom stereocenters. The van der Waals surface area contributed by atoms with E-state index in [1.165, 1.54) is 0 Å². The van der Waals surface area contributed by atoms with Gasteiger partial charge in [-0.3, -0.25) is 0 Å². The number of carbonyl (C=O) groups excluding carboxylic acids is 2. The lowest BCUT2D eigenvalue weighted by Crippen LogP contribution is -2.30. The van der Waals surface area contributed by atoms with Crippen LogP contribution in [0.25, 0.3) is 33.4 Å². The van der Waals surface area contributed by atoms with Gasteiger partial charge in [-0.15, -0.1) is 0 Å². The monoisotopic (exact) mass is 746 g/mol. The Morgan fingerprint density at radius 2 is 0.750 bits per heavy atom. The van der Waals surface area contributed by atoms with Gasteiger partial charge in [0.2, 0.25) is 0 Å². The van der Waals surface area contributed by atoms with Crippen LogP contribution in [0, 0.1) is 0 Å². The summed E-state index contributed by atoms with van der Waals surface area (Å²) in [4.78, 5) is 24.3. The Balaban J connectivity index is 1.03. The third-order valence-electron chi connectivity index (χ3n) is 8.61. The van der Waals surface area contributed by atoms with E-state index >= 15 is 0 Å². The van der Waals surface area contributed by atoms with Gasteiger partial charge in [0.25, 0.3) is 0 Å². The van der Waals surface area contributed by atoms with Crippen molar-refractivity contribution in [2.24, 2.45) is 0 Å². The molecule has 0 N–H and O–H groups in total. The molecule has 6 aromatic carbocycles. The number of esters is 2. The molecule has 6 aromatic rings. The van der Waals surface area contributed by atoms with Crippen molar-refractivity contribution >= 4 is 11.9 Å². The Hall–Kier alpha value is -7.06. The second-order valence-corrected chi connectivity index (χ2v) is 12.5. The molecule has 282 valence electrons. The Labute approximate surface area is 327 Å². The molecule has 0 aliphatic carbocycles. The van der Waals surface area contributed by atoms with E-state index in [1.54, 1.807) is 0 Å². The highest BCUT2D eigenvalue weighted by molar-refractivity contribution is 5.81. The fraction of sp³-hybridized carbons (Fsp3) is 0.125. The molecule has 0 aliphatic rings. The van der Waals surface area contributed by atoms with Crippen molar-refractivity contribution < 1.29 is 38.0 Å². The zero-order valence-corrected chi connectivity index (χ0v) is 30.8. The van der Waals surface area contributed by atoms with Crippen LogP contribution in [0.1, 0.15) is 0 Å². The highest BCUT2D eigenvalue weighted by Crippen LogP contribution is 2.31. The van der Waals surface area contributed by atoms with Crippen LogP contribution in [0.4, 0.5) is 0 Å². The normalized spacial score (nSPS) is 11.6. The third kappa shape index (κ3) is 11.0. The van der Waals surface area contributed by atoms with E-state index in [1.807, 2.05) is 158 Å². The third-order valence-corrected chi connectivity index (χ3v) is 8.61. The van der Waals surface area contributed by atoms with Gasteiger partial charge in [0.15, 0.2) is 12.2 Å². The molecule has 0 heterocycles. The molecule has 0 bridgehead atoms. The van der Waals surface area contributed by atoms with Crippen LogP contribution in [0.2, 0.25) is 0 Å². The number of benzene rings is 6. The van der Waals surface area contributed by atoms with Crippen molar-refractivity contribution in [2.75, 3.05) is 26.4 Å². The van der Waals surface area contributed by atoms with Gasteiger partial charge in [-0.1, -0.05) is 134 Å². The molecule has 8 nitrogen and oxygen atoms in total. The summed E-state index contributed by atoms with van der Waals surface area (Å²) in [5.74, 6) is 1.42. The average molecular weight is 747 g/mol. The fourth-order valence-corrected chi connectivity index (χ4v) is 5.79. The Bertz CT molecular complexity index is 2020. The van der Waals surface area contributed by atoms with Crippen LogP contribution >= 0.6 is 0 Å². The summed E-state index contributed by atoms with van der Waals surface area (Å²) < 4.78 is 35.4. The summed E-state index contributed by atoms with van der Waals surface area (Å²) in [5.41, 5.74) is 5.82. The minimum Gasteiger partial charge on any atom is -0.490 e. The predicted octanol–water partition coefficient (Wildman–Crippen LogP) is 9.80. The number of carbonyl (C=O) groups is 2. The quantitative estimate of drug-likeness (QED) is 0.0598. The van der Waals surface area contributed by atoms with E-state index in [0.29, 0.717) is 23.0 Å².